The quantitative estimate of drug-likeness (QED) is 0.671. The fraction of sp³-hybridized carbons (Fsp3) is 0.591. The number of carbonyl (C=O) groups is 1. The van der Waals surface area contributed by atoms with Crippen molar-refractivity contribution in [1.29, 1.82) is 0 Å². The number of nitrogens with zero attached hydrogens (tertiary/aromatic N) is 2. The molecule has 4 saturated heterocycles. The van der Waals surface area contributed by atoms with Gasteiger partial charge in [-0.25, -0.2) is 0 Å². The molecule has 4 fully saturated rings. The number of Topliss-reactive ketones (excluding diaryl/α,β-unsaturated/α-hetero) is 1. The fourth-order valence-electron chi connectivity index (χ4n) is 4.18. The Kier molecular flexibility index (Phi) is 6.17. The van der Waals surface area contributed by atoms with Gasteiger partial charge in [-0.1, -0.05) is 6.07 Å². The lowest BCUT2D eigenvalue weighted by atomic mass is 9.84. The van der Waals surface area contributed by atoms with Crippen LogP contribution in [0.5, 0.6) is 11.5 Å². The number of hydrogen-bond acceptors (Lipinski definition) is 6. The summed E-state index contributed by atoms with van der Waals surface area (Å²) in [5, 5.41) is 0. The summed E-state index contributed by atoms with van der Waals surface area (Å²) in [6.45, 7) is 9.53. The third-order valence-corrected chi connectivity index (χ3v) is 5.80. The Labute approximate surface area is 167 Å². The summed E-state index contributed by atoms with van der Waals surface area (Å²) >= 11 is 0. The van der Waals surface area contributed by atoms with E-state index in [0.29, 0.717) is 19.0 Å². The second-order valence-corrected chi connectivity index (χ2v) is 7.60. The van der Waals surface area contributed by atoms with Crippen LogP contribution in [0.4, 0.5) is 0 Å². The van der Waals surface area contributed by atoms with Crippen LogP contribution in [-0.4, -0.2) is 74.7 Å². The van der Waals surface area contributed by atoms with Crippen LogP contribution in [0.25, 0.3) is 6.08 Å². The third-order valence-electron chi connectivity index (χ3n) is 5.80. The van der Waals surface area contributed by atoms with Gasteiger partial charge < -0.3 is 19.1 Å². The molecule has 0 radical (unpaired) electrons. The first-order chi connectivity index (χ1) is 13.7. The molecule has 0 aliphatic carbocycles. The van der Waals surface area contributed by atoms with E-state index in [1.54, 1.807) is 0 Å². The molecule has 0 unspecified atom stereocenters. The molecule has 6 heteroatoms. The van der Waals surface area contributed by atoms with E-state index in [9.17, 15) is 4.79 Å². The van der Waals surface area contributed by atoms with Crippen molar-refractivity contribution < 1.29 is 19.0 Å². The minimum atomic E-state index is 0.213. The largest absolute Gasteiger partial charge is 0.490 e. The predicted octanol–water partition coefficient (Wildman–Crippen LogP) is 2.43. The predicted molar refractivity (Wildman–Crippen MR) is 108 cm³/mol. The molecule has 5 rings (SSSR count). The second kappa shape index (κ2) is 8.97. The maximum absolute atomic E-state index is 12.6. The molecule has 1 aromatic rings. The molecule has 0 saturated carbocycles. The highest BCUT2D eigenvalue weighted by atomic mass is 16.5. The Hall–Kier alpha value is -2.05. The molecule has 4 aliphatic rings. The van der Waals surface area contributed by atoms with Crippen LogP contribution < -0.4 is 9.47 Å². The molecular formula is C22H30N2O4. The first kappa shape index (κ1) is 19.3. The highest BCUT2D eigenvalue weighted by Crippen LogP contribution is 2.34. The van der Waals surface area contributed by atoms with E-state index in [1.807, 2.05) is 31.2 Å². The first-order valence-corrected chi connectivity index (χ1v) is 10.4. The Morgan fingerprint density at radius 2 is 1.89 bits per heavy atom. The Morgan fingerprint density at radius 1 is 1.11 bits per heavy atom. The third kappa shape index (κ3) is 4.33. The van der Waals surface area contributed by atoms with E-state index in [1.165, 1.54) is 0 Å². The Bertz CT molecular complexity index is 719. The zero-order valence-corrected chi connectivity index (χ0v) is 16.7. The number of hydrogen-bond donors (Lipinski definition) is 0. The van der Waals surface area contributed by atoms with Gasteiger partial charge in [0.05, 0.1) is 25.5 Å². The minimum absolute atomic E-state index is 0.213. The summed E-state index contributed by atoms with van der Waals surface area (Å²) < 4.78 is 17.2. The maximum atomic E-state index is 12.6. The van der Waals surface area contributed by atoms with E-state index in [2.05, 4.69) is 9.80 Å². The summed E-state index contributed by atoms with van der Waals surface area (Å²) in [6.07, 6.45) is 4.00. The van der Waals surface area contributed by atoms with Crippen LogP contribution in [-0.2, 0) is 9.53 Å². The van der Waals surface area contributed by atoms with Gasteiger partial charge in [0.25, 0.3) is 0 Å². The molecule has 0 atom stereocenters. The van der Waals surface area contributed by atoms with Crippen LogP contribution in [0.1, 0.15) is 25.3 Å². The average Bonchev–Trinajstić information content (AvgIpc) is 2.73. The standard InChI is InChI=1S/C22H30N2O4/c1-2-27-21-16-17(15-19-22(25)18-5-7-24(19)8-6-18)3-4-20(21)28-14-11-23-9-12-26-13-10-23/h3-4,15-16,18H,2,5-14H2,1H3/b19-15-. The number of piperidine rings is 3. The second-order valence-electron chi connectivity index (χ2n) is 7.60. The summed E-state index contributed by atoms with van der Waals surface area (Å²) in [5.41, 5.74) is 1.84. The number of rotatable bonds is 7. The van der Waals surface area contributed by atoms with Gasteiger partial charge in [0.15, 0.2) is 17.3 Å². The average molecular weight is 386 g/mol. The number of ether oxygens (including phenoxy) is 3. The molecule has 152 valence electrons. The van der Waals surface area contributed by atoms with E-state index in [4.69, 9.17) is 14.2 Å². The molecule has 4 heterocycles. The van der Waals surface area contributed by atoms with Crippen molar-refractivity contribution in [3.05, 3.63) is 29.5 Å². The normalized spacial score (nSPS) is 22.1. The van der Waals surface area contributed by atoms with Crippen LogP contribution in [0, 0.1) is 5.92 Å². The number of fused-ring (bicyclic) bond motifs is 3. The highest BCUT2D eigenvalue weighted by Gasteiger charge is 2.36. The minimum Gasteiger partial charge on any atom is -0.490 e. The summed E-state index contributed by atoms with van der Waals surface area (Å²) in [4.78, 5) is 17.1. The smallest absolute Gasteiger partial charge is 0.182 e. The van der Waals surface area contributed by atoms with E-state index < -0.39 is 0 Å². The van der Waals surface area contributed by atoms with Crippen molar-refractivity contribution in [2.75, 3.05) is 59.2 Å². The van der Waals surface area contributed by atoms with Gasteiger partial charge >= 0.3 is 0 Å². The first-order valence-electron chi connectivity index (χ1n) is 10.4. The Balaban J connectivity index is 1.44. The van der Waals surface area contributed by atoms with Gasteiger partial charge in [-0.05, 0) is 43.5 Å². The van der Waals surface area contributed by atoms with Crippen molar-refractivity contribution in [2.45, 2.75) is 19.8 Å². The van der Waals surface area contributed by atoms with E-state index in [-0.39, 0.29) is 5.92 Å². The molecule has 6 nitrogen and oxygen atoms in total. The lowest BCUT2D eigenvalue weighted by molar-refractivity contribution is -0.125. The molecule has 0 N–H and O–H groups in total. The summed E-state index contributed by atoms with van der Waals surface area (Å²) in [5.74, 6) is 2.00. The summed E-state index contributed by atoms with van der Waals surface area (Å²) in [6, 6.07) is 5.95. The SMILES string of the molecule is CCOc1cc(/C=C2/C(=O)C3CCN2CC3)ccc1OCCN1CCOCC1. The summed E-state index contributed by atoms with van der Waals surface area (Å²) in [7, 11) is 0. The number of morpholine rings is 1. The van der Waals surface area contributed by atoms with Crippen LogP contribution in [0.15, 0.2) is 23.9 Å². The van der Waals surface area contributed by atoms with Gasteiger partial charge in [0.2, 0.25) is 0 Å². The number of carbonyl (C=O) groups excluding carboxylic acids is 1. The van der Waals surface area contributed by atoms with Crippen molar-refractivity contribution >= 4 is 11.9 Å². The highest BCUT2D eigenvalue weighted by molar-refractivity contribution is 6.01. The molecule has 0 amide bonds. The van der Waals surface area contributed by atoms with Gasteiger partial charge in [0.1, 0.15) is 6.61 Å². The zero-order chi connectivity index (χ0) is 19.3. The fourth-order valence-corrected chi connectivity index (χ4v) is 4.18. The maximum Gasteiger partial charge on any atom is 0.182 e. The molecule has 2 bridgehead atoms. The van der Waals surface area contributed by atoms with Crippen LogP contribution >= 0.6 is 0 Å². The molecule has 0 aromatic heterocycles. The van der Waals surface area contributed by atoms with Gasteiger partial charge in [-0.15, -0.1) is 0 Å². The zero-order valence-electron chi connectivity index (χ0n) is 16.7. The van der Waals surface area contributed by atoms with Crippen molar-refractivity contribution in [2.24, 2.45) is 5.92 Å². The molecule has 28 heavy (non-hydrogen) atoms. The van der Waals surface area contributed by atoms with Crippen molar-refractivity contribution in [3.63, 3.8) is 0 Å². The van der Waals surface area contributed by atoms with E-state index >= 15 is 0 Å². The number of allylic oxidation sites excluding steroid dienone is 1. The molecule has 1 aromatic carbocycles. The lowest BCUT2D eigenvalue weighted by Gasteiger charge is -2.41. The van der Waals surface area contributed by atoms with Gasteiger partial charge in [-0.3, -0.25) is 9.69 Å². The number of benzene rings is 1. The van der Waals surface area contributed by atoms with Crippen LogP contribution in [0.3, 0.4) is 0 Å². The van der Waals surface area contributed by atoms with Crippen LogP contribution in [0.2, 0.25) is 0 Å². The molecule has 4 aliphatic heterocycles. The monoisotopic (exact) mass is 386 g/mol. The lowest BCUT2D eigenvalue weighted by Crippen LogP contribution is -2.45. The molecule has 0 spiro atoms. The topological polar surface area (TPSA) is 51.2 Å². The van der Waals surface area contributed by atoms with Gasteiger partial charge in [0, 0.05) is 38.6 Å². The Morgan fingerprint density at radius 3 is 2.61 bits per heavy atom. The van der Waals surface area contributed by atoms with E-state index in [0.717, 1.165) is 81.5 Å². The van der Waals surface area contributed by atoms with Gasteiger partial charge in [-0.2, -0.15) is 0 Å². The number of ketones is 1. The molecular weight excluding hydrogens is 356 g/mol. The van der Waals surface area contributed by atoms with Crippen molar-refractivity contribution in [3.8, 4) is 11.5 Å². The van der Waals surface area contributed by atoms with Crippen molar-refractivity contribution in [1.82, 2.24) is 9.80 Å².